The maximum atomic E-state index is 12.5. The Kier molecular flexibility index (Phi) is 5.23. The predicted molar refractivity (Wildman–Crippen MR) is 109 cm³/mol. The van der Waals surface area contributed by atoms with E-state index in [2.05, 4.69) is 10.1 Å². The molecule has 0 aliphatic rings. The van der Waals surface area contributed by atoms with Crippen LogP contribution in [-0.2, 0) is 11.4 Å². The van der Waals surface area contributed by atoms with Crippen molar-refractivity contribution in [1.82, 2.24) is 29.2 Å². The molecule has 0 saturated carbocycles. The number of fused-ring (bicyclic) bond motifs is 1. The summed E-state index contributed by atoms with van der Waals surface area (Å²) in [7, 11) is 2.91. The van der Waals surface area contributed by atoms with Crippen LogP contribution in [0.25, 0.3) is 16.9 Å². The van der Waals surface area contributed by atoms with E-state index in [0.29, 0.717) is 10.0 Å². The third kappa shape index (κ3) is 3.69. The van der Waals surface area contributed by atoms with Crippen LogP contribution in [0, 0.1) is 0 Å². The molecule has 8 nitrogen and oxygen atoms in total. The van der Waals surface area contributed by atoms with Crippen molar-refractivity contribution in [2.45, 2.75) is 6.54 Å². The average molecular weight is 431 g/mol. The van der Waals surface area contributed by atoms with Crippen molar-refractivity contribution in [1.29, 1.82) is 0 Å². The second-order valence-corrected chi connectivity index (χ2v) is 7.09. The Morgan fingerprint density at radius 3 is 2.59 bits per heavy atom. The molecule has 4 aromatic rings. The van der Waals surface area contributed by atoms with E-state index in [0.717, 1.165) is 27.7 Å². The zero-order valence-corrected chi connectivity index (χ0v) is 17.1. The number of amides is 1. The third-order valence-electron chi connectivity index (χ3n) is 4.47. The van der Waals surface area contributed by atoms with Gasteiger partial charge in [-0.25, -0.2) is 19.7 Å². The number of hydrogen-bond acceptors (Lipinski definition) is 5. The van der Waals surface area contributed by atoms with Gasteiger partial charge in [0.25, 0.3) is 0 Å². The largest absolute Gasteiger partial charge is 0.314 e. The normalized spacial score (nSPS) is 11.2. The van der Waals surface area contributed by atoms with E-state index < -0.39 is 5.91 Å². The number of imidazole rings is 1. The molecule has 1 amide bonds. The van der Waals surface area contributed by atoms with Gasteiger partial charge in [0.15, 0.2) is 0 Å². The number of pyridine rings is 1. The lowest BCUT2D eigenvalue weighted by Gasteiger charge is -2.14. The van der Waals surface area contributed by atoms with Crippen molar-refractivity contribution in [3.8, 4) is 11.3 Å². The molecule has 1 aromatic carbocycles. The number of carbonyl (C=O) groups is 1. The van der Waals surface area contributed by atoms with Gasteiger partial charge >= 0.3 is 5.91 Å². The fraction of sp³-hybridized carbons (Fsp3) is 0.158. The van der Waals surface area contributed by atoms with Crippen LogP contribution in [-0.4, -0.2) is 49.3 Å². The second-order valence-electron chi connectivity index (χ2n) is 6.22. The van der Waals surface area contributed by atoms with Gasteiger partial charge in [-0.3, -0.25) is 14.0 Å². The Morgan fingerprint density at radius 2 is 1.86 bits per heavy atom. The lowest BCUT2D eigenvalue weighted by Crippen LogP contribution is -2.29. The molecule has 0 radical (unpaired) electrons. The van der Waals surface area contributed by atoms with Crippen LogP contribution in [0.2, 0.25) is 10.0 Å². The molecule has 4 rings (SSSR count). The number of halogens is 2. The molecule has 0 saturated heterocycles. The summed E-state index contributed by atoms with van der Waals surface area (Å²) < 4.78 is 3.38. The van der Waals surface area contributed by atoms with Crippen molar-refractivity contribution in [3.05, 3.63) is 70.5 Å². The van der Waals surface area contributed by atoms with Gasteiger partial charge in [-0.2, -0.15) is 5.10 Å². The van der Waals surface area contributed by atoms with Crippen molar-refractivity contribution >= 4 is 34.8 Å². The topological polar surface area (TPSA) is 77.5 Å². The Balaban J connectivity index is 1.84. The van der Waals surface area contributed by atoms with E-state index in [1.807, 2.05) is 22.6 Å². The van der Waals surface area contributed by atoms with Gasteiger partial charge in [0.1, 0.15) is 12.0 Å². The molecule has 0 bridgehead atoms. The van der Waals surface area contributed by atoms with E-state index in [-0.39, 0.29) is 12.4 Å². The maximum Gasteiger partial charge on any atom is 0.314 e. The van der Waals surface area contributed by atoms with Gasteiger partial charge in [-0.05, 0) is 24.3 Å². The number of nitrogens with zero attached hydrogens (tertiary/aromatic N) is 6. The van der Waals surface area contributed by atoms with Gasteiger partial charge in [0.05, 0.1) is 30.1 Å². The summed E-state index contributed by atoms with van der Waals surface area (Å²) in [5.74, 6) is -0.265. The average Bonchev–Trinajstić information content (AvgIpc) is 3.32. The highest BCUT2D eigenvalue weighted by molar-refractivity contribution is 6.30. The summed E-state index contributed by atoms with van der Waals surface area (Å²) in [6.45, 7) is 0.248. The minimum Gasteiger partial charge on any atom is -0.300 e. The molecule has 0 aliphatic carbocycles. The highest BCUT2D eigenvalue weighted by atomic mass is 35.5. The van der Waals surface area contributed by atoms with Crippen LogP contribution in [0.5, 0.6) is 0 Å². The number of rotatable bonds is 5. The van der Waals surface area contributed by atoms with E-state index >= 15 is 0 Å². The molecule has 148 valence electrons. The van der Waals surface area contributed by atoms with Gasteiger partial charge in [0, 0.05) is 23.8 Å². The molecule has 3 aromatic heterocycles. The Morgan fingerprint density at radius 1 is 1.14 bits per heavy atom. The summed E-state index contributed by atoms with van der Waals surface area (Å²) in [5.41, 5.74) is 3.13. The molecule has 0 unspecified atom stereocenters. The summed E-state index contributed by atoms with van der Waals surface area (Å²) in [6.07, 6.45) is 3.10. The zero-order valence-electron chi connectivity index (χ0n) is 15.6. The van der Waals surface area contributed by atoms with Gasteiger partial charge < -0.3 is 0 Å². The standard InChI is InChI=1S/C19H16Cl2N6O2/c1-25(29-2)19(28)18-22-11-23-27(18)10-15-17(12-3-5-13(20)6-4-12)24-16-8-7-14(21)9-26(15)16/h3-9,11H,10H2,1-2H3. The van der Waals surface area contributed by atoms with Crippen LogP contribution in [0.4, 0.5) is 0 Å². The van der Waals surface area contributed by atoms with Crippen LogP contribution in [0.1, 0.15) is 16.3 Å². The van der Waals surface area contributed by atoms with E-state index in [1.165, 1.54) is 25.2 Å². The molecule has 0 aliphatic heterocycles. The predicted octanol–water partition coefficient (Wildman–Crippen LogP) is 3.58. The first-order chi connectivity index (χ1) is 14.0. The lowest BCUT2D eigenvalue weighted by atomic mass is 10.1. The van der Waals surface area contributed by atoms with E-state index in [9.17, 15) is 4.79 Å². The summed E-state index contributed by atoms with van der Waals surface area (Å²) in [5, 5.41) is 6.50. The van der Waals surface area contributed by atoms with Gasteiger partial charge in [-0.1, -0.05) is 35.3 Å². The van der Waals surface area contributed by atoms with Crippen LogP contribution >= 0.6 is 23.2 Å². The molecular formula is C19H16Cl2N6O2. The number of carbonyl (C=O) groups excluding carboxylic acids is 1. The zero-order chi connectivity index (χ0) is 20.5. The number of aromatic nitrogens is 5. The molecule has 29 heavy (non-hydrogen) atoms. The van der Waals surface area contributed by atoms with Crippen LogP contribution in [0.15, 0.2) is 48.9 Å². The second kappa shape index (κ2) is 7.82. The quantitative estimate of drug-likeness (QED) is 0.452. The molecule has 10 heteroatoms. The van der Waals surface area contributed by atoms with Gasteiger partial charge in [-0.15, -0.1) is 0 Å². The highest BCUT2D eigenvalue weighted by Gasteiger charge is 2.22. The van der Waals surface area contributed by atoms with Crippen molar-refractivity contribution in [3.63, 3.8) is 0 Å². The highest BCUT2D eigenvalue weighted by Crippen LogP contribution is 2.27. The summed E-state index contributed by atoms with van der Waals surface area (Å²) in [4.78, 5) is 26.3. The maximum absolute atomic E-state index is 12.5. The van der Waals surface area contributed by atoms with Gasteiger partial charge in [0.2, 0.25) is 5.82 Å². The number of hydrogen-bond donors (Lipinski definition) is 0. The minimum atomic E-state index is -0.412. The van der Waals surface area contributed by atoms with Crippen LogP contribution < -0.4 is 0 Å². The third-order valence-corrected chi connectivity index (χ3v) is 4.94. The molecule has 0 spiro atoms. The lowest BCUT2D eigenvalue weighted by molar-refractivity contribution is -0.0767. The molecular weight excluding hydrogens is 415 g/mol. The first kappa shape index (κ1) is 19.4. The molecule has 0 atom stereocenters. The Hall–Kier alpha value is -2.94. The van der Waals surface area contributed by atoms with Crippen molar-refractivity contribution < 1.29 is 9.63 Å². The molecule has 0 fully saturated rings. The van der Waals surface area contributed by atoms with Crippen molar-refractivity contribution in [2.24, 2.45) is 0 Å². The Labute approximate surface area is 176 Å². The monoisotopic (exact) mass is 430 g/mol. The fourth-order valence-electron chi connectivity index (χ4n) is 2.97. The van der Waals surface area contributed by atoms with E-state index in [1.54, 1.807) is 24.4 Å². The molecule has 3 heterocycles. The summed E-state index contributed by atoms with van der Waals surface area (Å²) in [6, 6.07) is 11.0. The fourth-order valence-corrected chi connectivity index (χ4v) is 3.26. The van der Waals surface area contributed by atoms with Crippen molar-refractivity contribution in [2.75, 3.05) is 14.2 Å². The SMILES string of the molecule is CON(C)C(=O)c1ncnn1Cc1c(-c2ccc(Cl)cc2)nc2ccc(Cl)cn12. The first-order valence-electron chi connectivity index (χ1n) is 8.60. The minimum absolute atomic E-state index is 0.147. The first-order valence-corrected chi connectivity index (χ1v) is 9.36. The Bertz CT molecular complexity index is 1190. The smallest absolute Gasteiger partial charge is 0.300 e. The molecule has 0 N–H and O–H groups in total. The summed E-state index contributed by atoms with van der Waals surface area (Å²) >= 11 is 12.2. The number of benzene rings is 1. The van der Waals surface area contributed by atoms with Crippen LogP contribution in [0.3, 0.4) is 0 Å². The van der Waals surface area contributed by atoms with E-state index in [4.69, 9.17) is 33.0 Å². The number of hydroxylamine groups is 2.